The number of benzene rings is 2. The highest BCUT2D eigenvalue weighted by atomic mass is 16.5. The van der Waals surface area contributed by atoms with Crippen LogP contribution >= 0.6 is 0 Å². The zero-order valence-electron chi connectivity index (χ0n) is 20.1. The summed E-state index contributed by atoms with van der Waals surface area (Å²) in [6.45, 7) is 12.2. The van der Waals surface area contributed by atoms with Gasteiger partial charge in [-0.25, -0.2) is 0 Å². The summed E-state index contributed by atoms with van der Waals surface area (Å²) < 4.78 is 6.22. The molecule has 0 aliphatic heterocycles. The SMILES string of the molecule is CC(C)N(CCNCC(=CCCCCC(=O)O)COc1cccc2ccccc12)C(C)C. The number of nitrogens with one attached hydrogen (secondary N) is 1. The lowest BCUT2D eigenvalue weighted by atomic mass is 10.1. The summed E-state index contributed by atoms with van der Waals surface area (Å²) in [5.41, 5.74) is 1.20. The van der Waals surface area contributed by atoms with E-state index >= 15 is 0 Å². The standard InChI is InChI=1S/C27H40N2O3/c1-21(2)29(22(3)4)18-17-28-19-23(11-6-5-7-16-27(30)31)20-32-26-15-10-13-24-12-8-9-14-25(24)26/h8-15,21-22,28H,5-7,16-20H2,1-4H3,(H,30,31). The van der Waals surface area contributed by atoms with Gasteiger partial charge in [0.2, 0.25) is 0 Å². The molecule has 0 bridgehead atoms. The predicted octanol–water partition coefficient (Wildman–Crippen LogP) is 5.50. The molecule has 5 nitrogen and oxygen atoms in total. The minimum atomic E-state index is -0.727. The number of unbranched alkanes of at least 4 members (excludes halogenated alkanes) is 2. The first-order valence-corrected chi connectivity index (χ1v) is 11.8. The first-order chi connectivity index (χ1) is 15.4. The molecule has 0 saturated heterocycles. The fourth-order valence-corrected chi connectivity index (χ4v) is 3.97. The van der Waals surface area contributed by atoms with Crippen LogP contribution < -0.4 is 10.1 Å². The van der Waals surface area contributed by atoms with Crippen LogP contribution in [0.3, 0.4) is 0 Å². The van der Waals surface area contributed by atoms with Gasteiger partial charge in [-0.15, -0.1) is 0 Å². The summed E-state index contributed by atoms with van der Waals surface area (Å²) in [7, 11) is 0. The van der Waals surface area contributed by atoms with E-state index in [4.69, 9.17) is 9.84 Å². The second-order valence-corrected chi connectivity index (χ2v) is 8.87. The molecule has 5 heteroatoms. The number of carbonyl (C=O) groups is 1. The Morgan fingerprint density at radius 2 is 1.78 bits per heavy atom. The number of carboxylic acids is 1. The summed E-state index contributed by atoms with van der Waals surface area (Å²) in [5, 5.41) is 14.7. The Morgan fingerprint density at radius 3 is 2.50 bits per heavy atom. The molecule has 0 heterocycles. The van der Waals surface area contributed by atoms with Crippen molar-refractivity contribution in [1.29, 1.82) is 0 Å². The van der Waals surface area contributed by atoms with E-state index in [2.05, 4.69) is 62.2 Å². The van der Waals surface area contributed by atoms with Crippen LogP contribution in [0.1, 0.15) is 53.4 Å². The Labute approximate surface area is 193 Å². The van der Waals surface area contributed by atoms with Crippen molar-refractivity contribution in [2.24, 2.45) is 0 Å². The van der Waals surface area contributed by atoms with Gasteiger partial charge in [0.05, 0.1) is 0 Å². The number of rotatable bonds is 15. The third-order valence-corrected chi connectivity index (χ3v) is 5.67. The van der Waals surface area contributed by atoms with Crippen LogP contribution in [0.5, 0.6) is 5.75 Å². The number of allylic oxidation sites excluding steroid dienone is 1. The molecule has 0 fully saturated rings. The predicted molar refractivity (Wildman–Crippen MR) is 133 cm³/mol. The number of carboxylic acid groups (broad SMARTS) is 1. The van der Waals surface area contributed by atoms with Gasteiger partial charge >= 0.3 is 5.97 Å². The highest BCUT2D eigenvalue weighted by Gasteiger charge is 2.12. The van der Waals surface area contributed by atoms with Gasteiger partial charge in [0.15, 0.2) is 0 Å². The van der Waals surface area contributed by atoms with Crippen molar-refractivity contribution in [3.63, 3.8) is 0 Å². The Kier molecular flexibility index (Phi) is 11.3. The molecule has 0 atom stereocenters. The van der Waals surface area contributed by atoms with Crippen LogP contribution in [0.15, 0.2) is 54.1 Å². The second kappa shape index (κ2) is 13.9. The van der Waals surface area contributed by atoms with Gasteiger partial charge in [-0.1, -0.05) is 42.5 Å². The molecule has 0 spiro atoms. The molecular weight excluding hydrogens is 400 g/mol. The smallest absolute Gasteiger partial charge is 0.303 e. The minimum Gasteiger partial charge on any atom is -0.489 e. The van der Waals surface area contributed by atoms with Crippen LogP contribution in [-0.4, -0.2) is 54.3 Å². The van der Waals surface area contributed by atoms with Crippen LogP contribution in [0, 0.1) is 0 Å². The molecular formula is C27H40N2O3. The van der Waals surface area contributed by atoms with E-state index in [1.54, 1.807) is 0 Å². The number of fused-ring (bicyclic) bond motifs is 1. The van der Waals surface area contributed by atoms with Crippen molar-refractivity contribution in [2.75, 3.05) is 26.2 Å². The van der Waals surface area contributed by atoms with E-state index in [1.165, 1.54) is 11.0 Å². The summed E-state index contributed by atoms with van der Waals surface area (Å²) >= 11 is 0. The van der Waals surface area contributed by atoms with Gasteiger partial charge in [-0.2, -0.15) is 0 Å². The summed E-state index contributed by atoms with van der Waals surface area (Å²) in [5.74, 6) is 0.167. The summed E-state index contributed by atoms with van der Waals surface area (Å²) in [4.78, 5) is 13.2. The third kappa shape index (κ3) is 9.01. The molecule has 0 amide bonds. The topological polar surface area (TPSA) is 61.8 Å². The van der Waals surface area contributed by atoms with E-state index in [0.717, 1.165) is 43.6 Å². The molecule has 0 unspecified atom stereocenters. The van der Waals surface area contributed by atoms with Crippen molar-refractivity contribution < 1.29 is 14.6 Å². The third-order valence-electron chi connectivity index (χ3n) is 5.67. The van der Waals surface area contributed by atoms with Gasteiger partial charge in [-0.05, 0) is 64.0 Å². The number of nitrogens with zero attached hydrogens (tertiary/aromatic N) is 1. The second-order valence-electron chi connectivity index (χ2n) is 8.87. The fraction of sp³-hybridized carbons (Fsp3) is 0.519. The zero-order chi connectivity index (χ0) is 23.3. The van der Waals surface area contributed by atoms with E-state index in [1.807, 2.05) is 24.3 Å². The lowest BCUT2D eigenvalue weighted by molar-refractivity contribution is -0.137. The van der Waals surface area contributed by atoms with Crippen LogP contribution in [-0.2, 0) is 4.79 Å². The van der Waals surface area contributed by atoms with Crippen molar-refractivity contribution >= 4 is 16.7 Å². The molecule has 2 N–H and O–H groups in total. The van der Waals surface area contributed by atoms with E-state index < -0.39 is 5.97 Å². The molecule has 2 aromatic carbocycles. The largest absolute Gasteiger partial charge is 0.489 e. The van der Waals surface area contributed by atoms with Gasteiger partial charge < -0.3 is 15.2 Å². The lowest BCUT2D eigenvalue weighted by Crippen LogP contribution is -2.41. The number of aliphatic carboxylic acids is 1. The zero-order valence-corrected chi connectivity index (χ0v) is 20.1. The monoisotopic (exact) mass is 440 g/mol. The summed E-state index contributed by atoms with van der Waals surface area (Å²) in [6, 6.07) is 15.4. The van der Waals surface area contributed by atoms with Crippen molar-refractivity contribution in [3.05, 3.63) is 54.1 Å². The number of hydrogen-bond donors (Lipinski definition) is 2. The Bertz CT molecular complexity index is 848. The van der Waals surface area contributed by atoms with Crippen LogP contribution in [0.25, 0.3) is 10.8 Å². The van der Waals surface area contributed by atoms with E-state index in [9.17, 15) is 4.79 Å². The van der Waals surface area contributed by atoms with Gasteiger partial charge in [0.25, 0.3) is 0 Å². The normalized spacial score (nSPS) is 12.3. The molecule has 2 aromatic rings. The van der Waals surface area contributed by atoms with E-state index in [0.29, 0.717) is 25.1 Å². The summed E-state index contributed by atoms with van der Waals surface area (Å²) in [6.07, 6.45) is 4.89. The highest BCUT2D eigenvalue weighted by Crippen LogP contribution is 2.25. The number of ether oxygens (including phenoxy) is 1. The first kappa shape index (κ1) is 25.9. The van der Waals surface area contributed by atoms with Gasteiger partial charge in [0, 0.05) is 43.5 Å². The maximum Gasteiger partial charge on any atom is 0.303 e. The molecule has 0 radical (unpaired) electrons. The van der Waals surface area contributed by atoms with Gasteiger partial charge in [0.1, 0.15) is 12.4 Å². The molecule has 176 valence electrons. The first-order valence-electron chi connectivity index (χ1n) is 11.8. The van der Waals surface area contributed by atoms with Crippen LogP contribution in [0.2, 0.25) is 0 Å². The van der Waals surface area contributed by atoms with Crippen molar-refractivity contribution in [1.82, 2.24) is 10.2 Å². The van der Waals surface area contributed by atoms with Gasteiger partial charge in [-0.3, -0.25) is 9.69 Å². The quantitative estimate of drug-likeness (QED) is 0.283. The van der Waals surface area contributed by atoms with Crippen LogP contribution in [0.4, 0.5) is 0 Å². The van der Waals surface area contributed by atoms with Crippen molar-refractivity contribution in [3.8, 4) is 5.75 Å². The molecule has 0 saturated carbocycles. The molecule has 32 heavy (non-hydrogen) atoms. The molecule has 0 aliphatic rings. The Balaban J connectivity index is 1.94. The average molecular weight is 441 g/mol. The lowest BCUT2D eigenvalue weighted by Gasteiger charge is -2.30. The molecule has 0 aliphatic carbocycles. The maximum absolute atomic E-state index is 10.7. The maximum atomic E-state index is 10.7. The fourth-order valence-electron chi connectivity index (χ4n) is 3.97. The molecule has 0 aromatic heterocycles. The average Bonchev–Trinajstić information content (AvgIpc) is 2.75. The molecule has 2 rings (SSSR count). The Hall–Kier alpha value is -2.37. The highest BCUT2D eigenvalue weighted by molar-refractivity contribution is 5.88. The minimum absolute atomic E-state index is 0.230. The van der Waals surface area contributed by atoms with E-state index in [-0.39, 0.29) is 6.42 Å². The number of hydrogen-bond acceptors (Lipinski definition) is 4. The Morgan fingerprint density at radius 1 is 1.06 bits per heavy atom. The van der Waals surface area contributed by atoms with Crippen molar-refractivity contribution in [2.45, 2.75) is 65.5 Å².